The number of nitrogens with zero attached hydrogens (tertiary/aromatic N) is 4. The second kappa shape index (κ2) is 6.52. The number of amides is 1. The summed E-state index contributed by atoms with van der Waals surface area (Å²) in [5.41, 5.74) is 0.919. The number of nitrogens with one attached hydrogen (secondary N) is 1. The minimum Gasteiger partial charge on any atom is -0.355 e. The van der Waals surface area contributed by atoms with Crippen LogP contribution in [0.25, 0.3) is 10.2 Å². The second-order valence-corrected chi connectivity index (χ2v) is 6.86. The lowest BCUT2D eigenvalue weighted by atomic mass is 9.97. The highest BCUT2D eigenvalue weighted by atomic mass is 32.1. The first kappa shape index (κ1) is 15.0. The van der Waals surface area contributed by atoms with Gasteiger partial charge in [0.2, 0.25) is 5.91 Å². The number of piperidine rings is 1. The van der Waals surface area contributed by atoms with Crippen LogP contribution in [0.1, 0.15) is 12.8 Å². The minimum absolute atomic E-state index is 0.0302. The van der Waals surface area contributed by atoms with Gasteiger partial charge in [-0.15, -0.1) is 0 Å². The van der Waals surface area contributed by atoms with Gasteiger partial charge in [0.05, 0.1) is 22.3 Å². The average molecular weight is 339 g/mol. The van der Waals surface area contributed by atoms with E-state index in [2.05, 4.69) is 25.2 Å². The normalized spacial score (nSPS) is 17.8. The molecular formula is C17H17N5OS. The Labute approximate surface area is 143 Å². The van der Waals surface area contributed by atoms with Gasteiger partial charge in [0.25, 0.3) is 0 Å². The molecule has 0 spiro atoms. The van der Waals surface area contributed by atoms with Crippen molar-refractivity contribution in [1.29, 1.82) is 0 Å². The molecule has 1 aromatic carbocycles. The number of carbonyl (C=O) groups excluding carboxylic acids is 1. The van der Waals surface area contributed by atoms with Gasteiger partial charge in [-0.3, -0.25) is 9.78 Å². The molecule has 0 bridgehead atoms. The van der Waals surface area contributed by atoms with E-state index < -0.39 is 0 Å². The largest absolute Gasteiger partial charge is 0.355 e. The molecule has 1 unspecified atom stereocenters. The standard InChI is InChI=1S/C17H17N5OS/c23-16(21-17-20-13-5-1-2-6-14(13)24-17)12-4-3-9-22(11-12)15-10-18-7-8-19-15/h1-2,5-8,10,12H,3-4,9,11H2,(H,20,21,23). The third-order valence-corrected chi connectivity index (χ3v) is 5.14. The topological polar surface area (TPSA) is 71.0 Å². The van der Waals surface area contributed by atoms with Crippen LogP contribution >= 0.6 is 11.3 Å². The molecular weight excluding hydrogens is 322 g/mol. The van der Waals surface area contributed by atoms with Crippen LogP contribution in [0.5, 0.6) is 0 Å². The zero-order valence-corrected chi connectivity index (χ0v) is 13.9. The highest BCUT2D eigenvalue weighted by molar-refractivity contribution is 7.22. The Morgan fingerprint density at radius 3 is 3.04 bits per heavy atom. The van der Waals surface area contributed by atoms with E-state index in [4.69, 9.17) is 0 Å². The minimum atomic E-state index is -0.0623. The quantitative estimate of drug-likeness (QED) is 0.794. The molecule has 1 atom stereocenters. The Kier molecular flexibility index (Phi) is 4.08. The van der Waals surface area contributed by atoms with E-state index >= 15 is 0 Å². The van der Waals surface area contributed by atoms with Crippen LogP contribution in [-0.4, -0.2) is 33.9 Å². The van der Waals surface area contributed by atoms with E-state index in [9.17, 15) is 4.79 Å². The maximum absolute atomic E-state index is 12.6. The highest BCUT2D eigenvalue weighted by Crippen LogP contribution is 2.27. The van der Waals surface area contributed by atoms with Crippen molar-refractivity contribution >= 4 is 38.4 Å². The molecule has 3 heterocycles. The van der Waals surface area contributed by atoms with E-state index in [1.165, 1.54) is 11.3 Å². The fraction of sp³-hybridized carbons (Fsp3) is 0.294. The summed E-state index contributed by atoms with van der Waals surface area (Å²) in [7, 11) is 0. The molecule has 2 aromatic heterocycles. The number of hydrogen-bond donors (Lipinski definition) is 1. The Balaban J connectivity index is 1.45. The molecule has 0 aliphatic carbocycles. The molecule has 7 heteroatoms. The highest BCUT2D eigenvalue weighted by Gasteiger charge is 2.27. The molecule has 122 valence electrons. The van der Waals surface area contributed by atoms with Crippen LogP contribution in [0.3, 0.4) is 0 Å². The predicted molar refractivity (Wildman–Crippen MR) is 95.2 cm³/mol. The van der Waals surface area contributed by atoms with Crippen LogP contribution in [0.15, 0.2) is 42.9 Å². The van der Waals surface area contributed by atoms with Gasteiger partial charge in [0.15, 0.2) is 5.13 Å². The molecule has 3 aromatic rings. The van der Waals surface area contributed by atoms with Gasteiger partial charge < -0.3 is 10.2 Å². The number of aromatic nitrogens is 3. The lowest BCUT2D eigenvalue weighted by Gasteiger charge is -2.32. The van der Waals surface area contributed by atoms with Gasteiger partial charge in [-0.1, -0.05) is 23.5 Å². The predicted octanol–water partition coefficient (Wildman–Crippen LogP) is 2.94. The van der Waals surface area contributed by atoms with Crippen molar-refractivity contribution in [3.05, 3.63) is 42.9 Å². The Bertz CT molecular complexity index is 817. The van der Waals surface area contributed by atoms with Crippen molar-refractivity contribution in [1.82, 2.24) is 15.0 Å². The van der Waals surface area contributed by atoms with Crippen LogP contribution in [0.2, 0.25) is 0 Å². The zero-order chi connectivity index (χ0) is 16.4. The maximum Gasteiger partial charge on any atom is 0.231 e. The molecule has 4 rings (SSSR count). The summed E-state index contributed by atoms with van der Waals surface area (Å²) in [4.78, 5) is 27.7. The first-order valence-electron chi connectivity index (χ1n) is 7.97. The molecule has 1 amide bonds. The first-order chi connectivity index (χ1) is 11.8. The number of carbonyl (C=O) groups is 1. The molecule has 6 nitrogen and oxygen atoms in total. The number of thiazole rings is 1. The van der Waals surface area contributed by atoms with Crippen molar-refractivity contribution in [3.63, 3.8) is 0 Å². The third-order valence-electron chi connectivity index (χ3n) is 4.19. The van der Waals surface area contributed by atoms with E-state index in [1.54, 1.807) is 18.6 Å². The summed E-state index contributed by atoms with van der Waals surface area (Å²) in [6.45, 7) is 1.57. The number of fused-ring (bicyclic) bond motifs is 1. The Morgan fingerprint density at radius 2 is 2.21 bits per heavy atom. The van der Waals surface area contributed by atoms with E-state index in [0.29, 0.717) is 11.7 Å². The summed E-state index contributed by atoms with van der Waals surface area (Å²) in [5.74, 6) is 0.797. The lowest BCUT2D eigenvalue weighted by Crippen LogP contribution is -2.41. The maximum atomic E-state index is 12.6. The van der Waals surface area contributed by atoms with E-state index in [-0.39, 0.29) is 11.8 Å². The summed E-state index contributed by atoms with van der Waals surface area (Å²) in [5, 5.41) is 3.64. The number of hydrogen-bond acceptors (Lipinski definition) is 6. The Hall–Kier alpha value is -2.54. The van der Waals surface area contributed by atoms with Crippen molar-refractivity contribution in [2.45, 2.75) is 12.8 Å². The molecule has 1 N–H and O–H groups in total. The number of anilines is 2. The fourth-order valence-electron chi connectivity index (χ4n) is 2.99. The molecule has 0 radical (unpaired) electrons. The van der Waals surface area contributed by atoms with Crippen LogP contribution in [-0.2, 0) is 4.79 Å². The molecule has 1 fully saturated rings. The molecule has 24 heavy (non-hydrogen) atoms. The molecule has 0 saturated carbocycles. The zero-order valence-electron chi connectivity index (χ0n) is 13.1. The SMILES string of the molecule is O=C(Nc1nc2ccccc2s1)C1CCCN(c2cnccn2)C1. The molecule has 1 aliphatic heterocycles. The monoisotopic (exact) mass is 339 g/mol. The van der Waals surface area contributed by atoms with E-state index in [0.717, 1.165) is 35.4 Å². The summed E-state index contributed by atoms with van der Waals surface area (Å²) >= 11 is 1.51. The van der Waals surface area contributed by atoms with Crippen molar-refractivity contribution < 1.29 is 4.79 Å². The van der Waals surface area contributed by atoms with Gasteiger partial charge in [0.1, 0.15) is 5.82 Å². The van der Waals surface area contributed by atoms with Crippen LogP contribution in [0, 0.1) is 5.92 Å². The van der Waals surface area contributed by atoms with Crippen molar-refractivity contribution in [2.75, 3.05) is 23.3 Å². The van der Waals surface area contributed by atoms with E-state index in [1.807, 2.05) is 24.3 Å². The van der Waals surface area contributed by atoms with Crippen LogP contribution in [0.4, 0.5) is 10.9 Å². The van der Waals surface area contributed by atoms with Crippen LogP contribution < -0.4 is 10.2 Å². The summed E-state index contributed by atoms with van der Waals surface area (Å²) < 4.78 is 1.08. The van der Waals surface area contributed by atoms with Crippen molar-refractivity contribution in [3.8, 4) is 0 Å². The second-order valence-electron chi connectivity index (χ2n) is 5.82. The average Bonchev–Trinajstić information content (AvgIpc) is 3.05. The van der Waals surface area contributed by atoms with Gasteiger partial charge in [0, 0.05) is 25.5 Å². The first-order valence-corrected chi connectivity index (χ1v) is 8.78. The smallest absolute Gasteiger partial charge is 0.231 e. The van der Waals surface area contributed by atoms with Gasteiger partial charge in [-0.2, -0.15) is 0 Å². The van der Waals surface area contributed by atoms with Gasteiger partial charge in [-0.25, -0.2) is 9.97 Å². The number of para-hydroxylation sites is 1. The fourth-order valence-corrected chi connectivity index (χ4v) is 3.86. The van der Waals surface area contributed by atoms with Gasteiger partial charge >= 0.3 is 0 Å². The van der Waals surface area contributed by atoms with Crippen molar-refractivity contribution in [2.24, 2.45) is 5.92 Å². The molecule has 1 saturated heterocycles. The number of benzene rings is 1. The third kappa shape index (κ3) is 3.07. The molecule has 1 aliphatic rings. The lowest BCUT2D eigenvalue weighted by molar-refractivity contribution is -0.120. The number of rotatable bonds is 3. The summed E-state index contributed by atoms with van der Waals surface area (Å²) in [6.07, 6.45) is 6.93. The Morgan fingerprint density at radius 1 is 1.29 bits per heavy atom. The summed E-state index contributed by atoms with van der Waals surface area (Å²) in [6, 6.07) is 7.90. The van der Waals surface area contributed by atoms with Gasteiger partial charge in [-0.05, 0) is 25.0 Å².